The van der Waals surface area contributed by atoms with Crippen LogP contribution in [0.4, 0.5) is 0 Å². The van der Waals surface area contributed by atoms with Gasteiger partial charge in [0, 0.05) is 36.5 Å². The molecule has 2 N–H and O–H groups in total. The van der Waals surface area contributed by atoms with Crippen molar-refractivity contribution in [3.8, 4) is 0 Å². The molecule has 1 atom stereocenters. The molecule has 2 fully saturated rings. The van der Waals surface area contributed by atoms with Gasteiger partial charge in [-0.3, -0.25) is 4.79 Å². The second kappa shape index (κ2) is 6.66. The van der Waals surface area contributed by atoms with Gasteiger partial charge in [0.1, 0.15) is 11.6 Å². The summed E-state index contributed by atoms with van der Waals surface area (Å²) in [5.41, 5.74) is 4.03. The first-order valence-corrected chi connectivity index (χ1v) is 9.93. The van der Waals surface area contributed by atoms with Crippen LogP contribution in [0.1, 0.15) is 63.6 Å². The Hall–Kier alpha value is -2.37. The normalized spacial score (nSPS) is 18.7. The van der Waals surface area contributed by atoms with E-state index in [1.165, 1.54) is 12.8 Å². The van der Waals surface area contributed by atoms with Crippen molar-refractivity contribution in [3.63, 3.8) is 0 Å². The van der Waals surface area contributed by atoms with E-state index in [1.807, 2.05) is 17.3 Å². The first kappa shape index (κ1) is 18.0. The molecule has 0 unspecified atom stereocenters. The number of aromatic amines is 1. The number of amides is 1. The molecule has 6 nitrogen and oxygen atoms in total. The first-order valence-electron chi connectivity index (χ1n) is 9.93. The Morgan fingerprint density at radius 2 is 2.04 bits per heavy atom. The molecule has 3 heterocycles. The maximum atomic E-state index is 13.1. The molecule has 27 heavy (non-hydrogen) atoms. The summed E-state index contributed by atoms with van der Waals surface area (Å²) in [5, 5.41) is 3.42. The van der Waals surface area contributed by atoms with Crippen molar-refractivity contribution in [2.45, 2.75) is 58.4 Å². The highest BCUT2D eigenvalue weighted by Crippen LogP contribution is 2.39. The van der Waals surface area contributed by atoms with E-state index < -0.39 is 0 Å². The average molecular weight is 367 g/mol. The van der Waals surface area contributed by atoms with Gasteiger partial charge in [0.15, 0.2) is 5.65 Å². The number of carbonyl (C=O) groups is 1. The topological polar surface area (TPSA) is 73.9 Å². The Bertz CT molecular complexity index is 868. The Labute approximate surface area is 160 Å². The Kier molecular flexibility index (Phi) is 4.44. The van der Waals surface area contributed by atoms with E-state index in [1.54, 1.807) is 0 Å². The second-order valence-corrected chi connectivity index (χ2v) is 8.92. The highest BCUT2D eigenvalue weighted by atomic mass is 16.2. The molecule has 0 spiro atoms. The lowest BCUT2D eigenvalue weighted by atomic mass is 9.85. The van der Waals surface area contributed by atoms with Gasteiger partial charge in [-0.15, -0.1) is 0 Å². The predicted octanol–water partition coefficient (Wildman–Crippen LogP) is 3.43. The molecule has 6 heteroatoms. The Morgan fingerprint density at radius 1 is 1.33 bits per heavy atom. The van der Waals surface area contributed by atoms with E-state index >= 15 is 0 Å². The number of nitrogens with one attached hydrogen (secondary N) is 2. The highest BCUT2D eigenvalue weighted by Gasteiger charge is 2.36. The Morgan fingerprint density at radius 3 is 2.67 bits per heavy atom. The van der Waals surface area contributed by atoms with Crippen molar-refractivity contribution in [2.24, 2.45) is 5.41 Å². The van der Waals surface area contributed by atoms with Gasteiger partial charge >= 0.3 is 0 Å². The zero-order chi connectivity index (χ0) is 19.2. The van der Waals surface area contributed by atoms with Crippen molar-refractivity contribution < 1.29 is 4.79 Å². The van der Waals surface area contributed by atoms with Gasteiger partial charge in [-0.05, 0) is 31.1 Å². The monoisotopic (exact) mass is 367 g/mol. The minimum absolute atomic E-state index is 0.158. The number of carbonyl (C=O) groups excluding carboxylic acids is 1. The molecule has 0 bridgehead atoms. The van der Waals surface area contributed by atoms with Crippen molar-refractivity contribution in [3.05, 3.63) is 30.2 Å². The minimum atomic E-state index is -0.326. The molecule has 2 aromatic rings. The predicted molar refractivity (Wildman–Crippen MR) is 107 cm³/mol. The molecule has 0 radical (unpaired) electrons. The minimum Gasteiger partial charge on any atom is -0.373 e. The number of aromatic nitrogens is 3. The summed E-state index contributed by atoms with van der Waals surface area (Å²) < 4.78 is 0. The first-order chi connectivity index (χ1) is 12.8. The van der Waals surface area contributed by atoms with Crippen LogP contribution in [0.2, 0.25) is 0 Å². The van der Waals surface area contributed by atoms with Crippen molar-refractivity contribution in [1.29, 1.82) is 0 Å². The smallest absolute Gasteiger partial charge is 0.245 e. The van der Waals surface area contributed by atoms with Crippen LogP contribution in [0.5, 0.6) is 0 Å². The molecule has 1 amide bonds. The Balaban J connectivity index is 1.60. The zero-order valence-electron chi connectivity index (χ0n) is 16.5. The number of hydrogen-bond acceptors (Lipinski definition) is 4. The number of fused-ring (bicyclic) bond motifs is 1. The third kappa shape index (κ3) is 3.57. The molecule has 1 saturated carbocycles. The summed E-state index contributed by atoms with van der Waals surface area (Å²) in [4.78, 5) is 27.6. The van der Waals surface area contributed by atoms with Crippen LogP contribution in [0.15, 0.2) is 19.0 Å². The number of nitrogens with zero attached hydrogens (tertiary/aromatic N) is 3. The van der Waals surface area contributed by atoms with Crippen LogP contribution < -0.4 is 5.32 Å². The lowest BCUT2D eigenvalue weighted by Crippen LogP contribution is -2.51. The largest absolute Gasteiger partial charge is 0.373 e. The highest BCUT2D eigenvalue weighted by molar-refractivity contribution is 5.89. The molecule has 1 saturated heterocycles. The summed E-state index contributed by atoms with van der Waals surface area (Å²) in [6.07, 6.45) is 8.31. The molecule has 1 aliphatic heterocycles. The SMILES string of the molecule is C=C(N[C@@H](C(=O)N1CCCC1)C(C)(C)C)c1c[nH]c2ncc(C3CC3)nc12. The molecule has 2 aromatic heterocycles. The van der Waals surface area contributed by atoms with Gasteiger partial charge in [0.25, 0.3) is 0 Å². The summed E-state index contributed by atoms with van der Waals surface area (Å²) in [6, 6.07) is -0.326. The maximum absolute atomic E-state index is 13.1. The van der Waals surface area contributed by atoms with E-state index in [2.05, 4.69) is 42.6 Å². The molecule has 1 aliphatic carbocycles. The van der Waals surface area contributed by atoms with Crippen LogP contribution >= 0.6 is 0 Å². The molecule has 4 rings (SSSR count). The lowest BCUT2D eigenvalue weighted by molar-refractivity contribution is -0.134. The van der Waals surface area contributed by atoms with Crippen LogP contribution in [0.3, 0.4) is 0 Å². The standard InChI is InChI=1S/C21H29N5O/c1-13(24-18(21(2,3)4)20(27)26-9-5-6-10-26)15-11-22-19-17(15)25-16(12-23-19)14-7-8-14/h11-12,14,18,24H,1,5-10H2,2-4H3,(H,22,23)/t18-/m0/s1. The van der Waals surface area contributed by atoms with E-state index in [0.29, 0.717) is 5.92 Å². The second-order valence-electron chi connectivity index (χ2n) is 8.92. The number of likely N-dealkylation sites (tertiary alicyclic amines) is 1. The number of hydrogen-bond donors (Lipinski definition) is 2. The fraction of sp³-hybridized carbons (Fsp3) is 0.571. The summed E-state index contributed by atoms with van der Waals surface area (Å²) >= 11 is 0. The number of rotatable bonds is 5. The van der Waals surface area contributed by atoms with Crippen molar-refractivity contribution in [2.75, 3.05) is 13.1 Å². The van der Waals surface area contributed by atoms with Gasteiger partial charge in [-0.2, -0.15) is 0 Å². The van der Waals surface area contributed by atoms with Gasteiger partial charge in [-0.1, -0.05) is 27.4 Å². The third-order valence-corrected chi connectivity index (χ3v) is 5.57. The van der Waals surface area contributed by atoms with E-state index in [4.69, 9.17) is 4.98 Å². The number of H-pyrrole nitrogens is 1. The molecule has 2 aliphatic rings. The van der Waals surface area contributed by atoms with Crippen LogP contribution in [0.25, 0.3) is 16.9 Å². The molecule has 0 aromatic carbocycles. The van der Waals surface area contributed by atoms with E-state index in [0.717, 1.165) is 54.0 Å². The van der Waals surface area contributed by atoms with Crippen LogP contribution in [-0.2, 0) is 4.79 Å². The van der Waals surface area contributed by atoms with Gasteiger partial charge < -0.3 is 15.2 Å². The quantitative estimate of drug-likeness (QED) is 0.849. The van der Waals surface area contributed by atoms with Gasteiger partial charge in [-0.25, -0.2) is 9.97 Å². The maximum Gasteiger partial charge on any atom is 0.245 e. The average Bonchev–Trinajstić information content (AvgIpc) is 3.16. The lowest BCUT2D eigenvalue weighted by Gasteiger charge is -2.34. The van der Waals surface area contributed by atoms with E-state index in [-0.39, 0.29) is 17.4 Å². The van der Waals surface area contributed by atoms with Crippen molar-refractivity contribution >= 4 is 22.8 Å². The summed E-state index contributed by atoms with van der Waals surface area (Å²) in [7, 11) is 0. The third-order valence-electron chi connectivity index (χ3n) is 5.57. The van der Waals surface area contributed by atoms with Crippen molar-refractivity contribution in [1.82, 2.24) is 25.2 Å². The molecular weight excluding hydrogens is 338 g/mol. The molecule has 144 valence electrons. The van der Waals surface area contributed by atoms with Crippen LogP contribution in [0, 0.1) is 5.41 Å². The fourth-order valence-corrected chi connectivity index (χ4v) is 3.73. The zero-order valence-corrected chi connectivity index (χ0v) is 16.5. The van der Waals surface area contributed by atoms with E-state index in [9.17, 15) is 4.79 Å². The summed E-state index contributed by atoms with van der Waals surface area (Å²) in [6.45, 7) is 12.2. The van der Waals surface area contributed by atoms with Crippen LogP contribution in [-0.4, -0.2) is 44.9 Å². The fourth-order valence-electron chi connectivity index (χ4n) is 3.73. The van der Waals surface area contributed by atoms with Gasteiger partial charge in [0.05, 0.1) is 11.9 Å². The van der Waals surface area contributed by atoms with Gasteiger partial charge in [0.2, 0.25) is 5.91 Å². The molecular formula is C21H29N5O. The summed E-state index contributed by atoms with van der Waals surface area (Å²) in [5.74, 6) is 0.704.